The molecular weight excluding hydrogens is 224 g/mol. The van der Waals surface area contributed by atoms with Gasteiger partial charge in [0.25, 0.3) is 0 Å². The fourth-order valence-corrected chi connectivity index (χ4v) is 2.10. The molecule has 0 aromatic rings. The monoisotopic (exact) mass is 246 g/mol. The summed E-state index contributed by atoms with van der Waals surface area (Å²) in [5.41, 5.74) is 0. The van der Waals surface area contributed by atoms with E-state index in [-0.39, 0.29) is 5.91 Å². The highest BCUT2D eigenvalue weighted by molar-refractivity contribution is 7.98. The summed E-state index contributed by atoms with van der Waals surface area (Å²) in [7, 11) is 0. The zero-order valence-electron chi connectivity index (χ0n) is 9.96. The lowest BCUT2D eigenvalue weighted by atomic mass is 10.1. The molecule has 0 aromatic carbocycles. The van der Waals surface area contributed by atoms with Crippen molar-refractivity contribution < 1.29 is 9.53 Å². The van der Waals surface area contributed by atoms with E-state index in [0.717, 1.165) is 44.8 Å². The molecular formula is C11H22N2O2S. The first-order valence-corrected chi connectivity index (χ1v) is 7.29. The van der Waals surface area contributed by atoms with Crippen LogP contribution in [0.4, 0.5) is 0 Å². The van der Waals surface area contributed by atoms with Gasteiger partial charge in [0.1, 0.15) is 0 Å². The molecule has 0 aromatic heterocycles. The van der Waals surface area contributed by atoms with Crippen LogP contribution in [-0.2, 0) is 9.53 Å². The Balaban J connectivity index is 1.97. The lowest BCUT2D eigenvalue weighted by Crippen LogP contribution is -2.43. The van der Waals surface area contributed by atoms with E-state index in [1.807, 2.05) is 11.8 Å². The van der Waals surface area contributed by atoms with Crippen molar-refractivity contribution in [3.63, 3.8) is 0 Å². The first-order chi connectivity index (χ1) is 7.83. The molecule has 0 aliphatic carbocycles. The number of amides is 1. The van der Waals surface area contributed by atoms with E-state index in [4.69, 9.17) is 4.74 Å². The van der Waals surface area contributed by atoms with Crippen LogP contribution in [0.2, 0.25) is 0 Å². The third kappa shape index (κ3) is 6.35. The number of thioether (sulfide) groups is 1. The maximum atomic E-state index is 11.5. The highest BCUT2D eigenvalue weighted by atomic mass is 32.2. The van der Waals surface area contributed by atoms with Crippen LogP contribution in [0.3, 0.4) is 0 Å². The molecule has 0 radical (unpaired) electrons. The molecule has 0 atom stereocenters. The Hall–Kier alpha value is -0.260. The van der Waals surface area contributed by atoms with Crippen molar-refractivity contribution in [2.75, 3.05) is 38.3 Å². The van der Waals surface area contributed by atoms with Crippen LogP contribution in [0.25, 0.3) is 0 Å². The fraction of sp³-hybridized carbons (Fsp3) is 0.909. The molecule has 0 saturated carbocycles. The van der Waals surface area contributed by atoms with E-state index in [9.17, 15) is 4.79 Å². The van der Waals surface area contributed by atoms with Gasteiger partial charge in [0.05, 0.1) is 6.54 Å². The second kappa shape index (κ2) is 8.84. The van der Waals surface area contributed by atoms with Gasteiger partial charge in [0, 0.05) is 19.3 Å². The number of carbonyl (C=O) groups excluding carboxylic acids is 1. The molecule has 94 valence electrons. The van der Waals surface area contributed by atoms with Gasteiger partial charge in [-0.3, -0.25) is 4.79 Å². The third-order valence-corrected chi connectivity index (χ3v) is 3.27. The molecule has 0 unspecified atom stereocenters. The van der Waals surface area contributed by atoms with Crippen molar-refractivity contribution in [1.82, 2.24) is 10.6 Å². The van der Waals surface area contributed by atoms with E-state index >= 15 is 0 Å². The van der Waals surface area contributed by atoms with Crippen LogP contribution in [0.1, 0.15) is 19.3 Å². The summed E-state index contributed by atoms with van der Waals surface area (Å²) >= 11 is 1.83. The summed E-state index contributed by atoms with van der Waals surface area (Å²) in [4.78, 5) is 11.5. The van der Waals surface area contributed by atoms with Gasteiger partial charge < -0.3 is 15.4 Å². The van der Waals surface area contributed by atoms with Gasteiger partial charge >= 0.3 is 0 Å². The van der Waals surface area contributed by atoms with Gasteiger partial charge in [-0.15, -0.1) is 0 Å². The Labute approximate surface area is 102 Å². The molecule has 1 aliphatic heterocycles. The molecule has 5 heteroatoms. The predicted octanol–water partition coefficient (Wildman–Crippen LogP) is 0.624. The van der Waals surface area contributed by atoms with E-state index in [1.165, 1.54) is 0 Å². The van der Waals surface area contributed by atoms with Gasteiger partial charge in [0.2, 0.25) is 5.91 Å². The van der Waals surface area contributed by atoms with Crippen LogP contribution in [0.5, 0.6) is 0 Å². The maximum Gasteiger partial charge on any atom is 0.234 e. The van der Waals surface area contributed by atoms with Crippen molar-refractivity contribution in [1.29, 1.82) is 0 Å². The van der Waals surface area contributed by atoms with E-state index in [0.29, 0.717) is 12.6 Å². The van der Waals surface area contributed by atoms with Crippen LogP contribution in [0, 0.1) is 0 Å². The van der Waals surface area contributed by atoms with Crippen LogP contribution in [0.15, 0.2) is 0 Å². The first kappa shape index (κ1) is 13.8. The zero-order valence-corrected chi connectivity index (χ0v) is 10.8. The lowest BCUT2D eigenvalue weighted by Gasteiger charge is -2.23. The van der Waals surface area contributed by atoms with Crippen LogP contribution >= 0.6 is 11.8 Å². The number of ether oxygens (including phenoxy) is 1. The molecule has 1 fully saturated rings. The SMILES string of the molecule is CSCCCNCC(=O)NC1CCOCC1. The zero-order chi connectivity index (χ0) is 11.6. The summed E-state index contributed by atoms with van der Waals surface area (Å²) in [6.07, 6.45) is 5.10. The highest BCUT2D eigenvalue weighted by Crippen LogP contribution is 2.05. The molecule has 0 spiro atoms. The summed E-state index contributed by atoms with van der Waals surface area (Å²) in [5, 5.41) is 6.18. The van der Waals surface area contributed by atoms with E-state index in [1.54, 1.807) is 0 Å². The van der Waals surface area contributed by atoms with Crippen molar-refractivity contribution >= 4 is 17.7 Å². The minimum absolute atomic E-state index is 0.107. The van der Waals surface area contributed by atoms with Gasteiger partial charge in [-0.1, -0.05) is 0 Å². The van der Waals surface area contributed by atoms with Gasteiger partial charge in [-0.2, -0.15) is 11.8 Å². The normalized spacial score (nSPS) is 17.3. The van der Waals surface area contributed by atoms with Crippen molar-refractivity contribution in [2.24, 2.45) is 0 Å². The van der Waals surface area contributed by atoms with Crippen molar-refractivity contribution in [3.05, 3.63) is 0 Å². The standard InChI is InChI=1S/C11H22N2O2S/c1-16-8-2-5-12-9-11(14)13-10-3-6-15-7-4-10/h10,12H,2-9H2,1H3,(H,13,14). The summed E-state index contributed by atoms with van der Waals surface area (Å²) in [6, 6.07) is 0.314. The summed E-state index contributed by atoms with van der Waals surface area (Å²) < 4.78 is 5.24. The second-order valence-electron chi connectivity index (χ2n) is 3.98. The Morgan fingerprint density at radius 1 is 1.44 bits per heavy atom. The molecule has 1 saturated heterocycles. The smallest absolute Gasteiger partial charge is 0.234 e. The van der Waals surface area contributed by atoms with Crippen molar-refractivity contribution in [2.45, 2.75) is 25.3 Å². The topological polar surface area (TPSA) is 50.4 Å². The highest BCUT2D eigenvalue weighted by Gasteiger charge is 2.15. The predicted molar refractivity (Wildman–Crippen MR) is 67.9 cm³/mol. The molecule has 1 rings (SSSR count). The Bertz CT molecular complexity index is 196. The molecule has 4 nitrogen and oxygen atoms in total. The Morgan fingerprint density at radius 3 is 2.88 bits per heavy atom. The first-order valence-electron chi connectivity index (χ1n) is 5.89. The summed E-state index contributed by atoms with van der Waals surface area (Å²) in [5.74, 6) is 1.25. The van der Waals surface area contributed by atoms with Gasteiger partial charge in [0.15, 0.2) is 0 Å². The van der Waals surface area contributed by atoms with E-state index in [2.05, 4.69) is 16.9 Å². The molecule has 0 bridgehead atoms. The van der Waals surface area contributed by atoms with Crippen LogP contribution < -0.4 is 10.6 Å². The average Bonchev–Trinajstić information content (AvgIpc) is 2.30. The molecule has 1 amide bonds. The lowest BCUT2D eigenvalue weighted by molar-refractivity contribution is -0.121. The van der Waals surface area contributed by atoms with Crippen LogP contribution in [-0.4, -0.2) is 50.3 Å². The molecule has 2 N–H and O–H groups in total. The number of carbonyl (C=O) groups is 1. The molecule has 16 heavy (non-hydrogen) atoms. The Kier molecular flexibility index (Phi) is 7.63. The number of rotatable bonds is 7. The largest absolute Gasteiger partial charge is 0.381 e. The van der Waals surface area contributed by atoms with E-state index < -0.39 is 0 Å². The summed E-state index contributed by atoms with van der Waals surface area (Å²) in [6.45, 7) is 2.89. The Morgan fingerprint density at radius 2 is 2.19 bits per heavy atom. The number of hydrogen-bond acceptors (Lipinski definition) is 4. The maximum absolute atomic E-state index is 11.5. The number of nitrogens with one attached hydrogen (secondary N) is 2. The second-order valence-corrected chi connectivity index (χ2v) is 4.96. The third-order valence-electron chi connectivity index (χ3n) is 2.57. The van der Waals surface area contributed by atoms with Gasteiger partial charge in [-0.25, -0.2) is 0 Å². The van der Waals surface area contributed by atoms with Gasteiger partial charge in [-0.05, 0) is 37.8 Å². The molecule has 1 heterocycles. The number of hydrogen-bond donors (Lipinski definition) is 2. The minimum Gasteiger partial charge on any atom is -0.381 e. The molecule has 1 aliphatic rings. The average molecular weight is 246 g/mol. The fourth-order valence-electron chi connectivity index (χ4n) is 1.66. The minimum atomic E-state index is 0.107. The van der Waals surface area contributed by atoms with Crippen molar-refractivity contribution in [3.8, 4) is 0 Å². The quantitative estimate of drug-likeness (QED) is 0.647.